The van der Waals surface area contributed by atoms with E-state index in [4.69, 9.17) is 18.9 Å². The number of ether oxygens (including phenoxy) is 4. The molecule has 0 atom stereocenters. The molecule has 31 heavy (non-hydrogen) atoms. The summed E-state index contributed by atoms with van der Waals surface area (Å²) in [6, 6.07) is 8.49. The molecule has 0 aliphatic heterocycles. The predicted molar refractivity (Wildman–Crippen MR) is 134 cm³/mol. The van der Waals surface area contributed by atoms with Crippen molar-refractivity contribution in [1.29, 1.82) is 0 Å². The van der Waals surface area contributed by atoms with Crippen LogP contribution in [0.1, 0.15) is 59.3 Å². The van der Waals surface area contributed by atoms with Gasteiger partial charge in [0.05, 0.1) is 0 Å². The van der Waals surface area contributed by atoms with Gasteiger partial charge in [-0.1, -0.05) is 0 Å². The van der Waals surface area contributed by atoms with E-state index in [1.807, 2.05) is 19.2 Å². The molecule has 2 rings (SSSR count). The monoisotopic (exact) mass is 538 g/mol. The fourth-order valence-corrected chi connectivity index (χ4v) is 21.3. The van der Waals surface area contributed by atoms with Gasteiger partial charge in [0.15, 0.2) is 0 Å². The van der Waals surface area contributed by atoms with Gasteiger partial charge in [-0.2, -0.15) is 0 Å². The number of benzene rings is 2. The van der Waals surface area contributed by atoms with Gasteiger partial charge in [0.1, 0.15) is 0 Å². The van der Waals surface area contributed by atoms with E-state index >= 15 is 0 Å². The molecule has 0 N–H and O–H groups in total. The normalized spacial score (nSPS) is 11.7. The maximum absolute atomic E-state index is 6.17. The summed E-state index contributed by atoms with van der Waals surface area (Å²) >= 11 is -2.74. The fourth-order valence-electron chi connectivity index (χ4n) is 4.73. The first-order valence-corrected chi connectivity index (χ1v) is 19.4. The third-order valence-electron chi connectivity index (χ3n) is 6.39. The average Bonchev–Trinajstić information content (AvgIpc) is 2.81. The molecule has 0 radical (unpaired) electrons. The van der Waals surface area contributed by atoms with Crippen molar-refractivity contribution in [2.45, 2.75) is 72.6 Å². The maximum atomic E-state index is 6.17. The van der Waals surface area contributed by atoms with E-state index in [9.17, 15) is 0 Å². The summed E-state index contributed by atoms with van der Waals surface area (Å²) in [5.74, 6) is 2.72. The molecule has 0 aromatic heterocycles. The molecule has 5 heteroatoms. The van der Waals surface area contributed by atoms with Crippen molar-refractivity contribution in [1.82, 2.24) is 0 Å². The molecular weight excluding hydrogens is 495 g/mol. The van der Waals surface area contributed by atoms with E-state index in [0.717, 1.165) is 28.0 Å². The summed E-state index contributed by atoms with van der Waals surface area (Å²) in [7, 11) is 5.22. The zero-order valence-corrected chi connectivity index (χ0v) is 23.4. The Morgan fingerprint density at radius 1 is 0.774 bits per heavy atom. The topological polar surface area (TPSA) is 36.9 Å². The van der Waals surface area contributed by atoms with Crippen LogP contribution in [0.2, 0.25) is 13.3 Å². The van der Waals surface area contributed by atoms with Crippen LogP contribution in [0.3, 0.4) is 0 Å². The van der Waals surface area contributed by atoms with Crippen molar-refractivity contribution < 1.29 is 18.9 Å². The third kappa shape index (κ3) is 6.22. The first kappa shape index (κ1) is 26.1. The minimum absolute atomic E-state index is 0.207. The van der Waals surface area contributed by atoms with Crippen LogP contribution in [0, 0.1) is 0 Å². The molecule has 0 amide bonds. The zero-order valence-electron chi connectivity index (χ0n) is 20.5. The SMILES string of the molecule is CCC[CH2][Sn]([CH2]CCC)([CH2]CCC)[c]1cc(OC)c2c(OCOC)cccc2c1OC. The minimum atomic E-state index is -2.74. The number of fused-ring (bicyclic) bond motifs is 1. The molecule has 0 heterocycles. The summed E-state index contributed by atoms with van der Waals surface area (Å²) in [6.45, 7) is 7.15. The molecule has 174 valence electrons. The third-order valence-corrected chi connectivity index (χ3v) is 21.9. The van der Waals surface area contributed by atoms with Crippen molar-refractivity contribution >= 4 is 32.7 Å². The van der Waals surface area contributed by atoms with E-state index in [1.165, 1.54) is 55.4 Å². The second-order valence-corrected chi connectivity index (χ2v) is 21.6. The van der Waals surface area contributed by atoms with Crippen LogP contribution in [-0.4, -0.2) is 46.5 Å². The molecule has 0 saturated carbocycles. The molecule has 0 saturated heterocycles. The predicted octanol–water partition coefficient (Wildman–Crippen LogP) is 6.90. The summed E-state index contributed by atoms with van der Waals surface area (Å²) in [4.78, 5) is 0. The van der Waals surface area contributed by atoms with Crippen LogP contribution in [0.15, 0.2) is 24.3 Å². The van der Waals surface area contributed by atoms with Crippen LogP contribution in [0.25, 0.3) is 10.8 Å². The summed E-state index contributed by atoms with van der Waals surface area (Å²) in [5.41, 5.74) is 0. The summed E-state index contributed by atoms with van der Waals surface area (Å²) in [6.07, 6.45) is 7.68. The van der Waals surface area contributed by atoms with Gasteiger partial charge in [-0.3, -0.25) is 0 Å². The molecule has 0 unspecified atom stereocenters. The Labute approximate surface area is 193 Å². The van der Waals surface area contributed by atoms with Crippen LogP contribution >= 0.6 is 0 Å². The molecule has 0 aliphatic carbocycles. The van der Waals surface area contributed by atoms with Gasteiger partial charge in [-0.05, 0) is 0 Å². The second kappa shape index (κ2) is 13.4. The van der Waals surface area contributed by atoms with E-state index in [1.54, 1.807) is 14.2 Å². The van der Waals surface area contributed by atoms with Crippen molar-refractivity contribution in [2.24, 2.45) is 0 Å². The molecule has 0 aliphatic rings. The van der Waals surface area contributed by atoms with Crippen molar-refractivity contribution in [2.75, 3.05) is 28.1 Å². The standard InChI is InChI=1S/C14H15O4.3C4H9.Sn/c1-15-9-18-13-6-4-5-10-11(16-2)7-8-12(17-3)14(10)13;3*1-3-4-2;/h4-6,8H,9H2,1-3H3;3*1,3-4H2,2H3;. The fraction of sp³-hybridized carbons (Fsp3) is 0.615. The van der Waals surface area contributed by atoms with E-state index < -0.39 is 18.4 Å². The van der Waals surface area contributed by atoms with E-state index in [-0.39, 0.29) is 6.79 Å². The zero-order chi connectivity index (χ0) is 22.7. The van der Waals surface area contributed by atoms with Gasteiger partial charge in [0.25, 0.3) is 0 Å². The first-order chi connectivity index (χ1) is 15.1. The molecular formula is C26H42O4Sn. The van der Waals surface area contributed by atoms with Crippen molar-refractivity contribution in [3.05, 3.63) is 24.3 Å². The molecule has 2 aromatic carbocycles. The Hall–Kier alpha value is -1.14. The summed E-state index contributed by atoms with van der Waals surface area (Å²) < 4.78 is 28.8. The number of hydrogen-bond acceptors (Lipinski definition) is 4. The Balaban J connectivity index is 2.78. The molecule has 0 bridgehead atoms. The Morgan fingerprint density at radius 2 is 1.39 bits per heavy atom. The van der Waals surface area contributed by atoms with Crippen molar-refractivity contribution in [3.63, 3.8) is 0 Å². The number of unbranched alkanes of at least 4 members (excludes halogenated alkanes) is 3. The molecule has 2 aromatic rings. The van der Waals surface area contributed by atoms with E-state index in [0.29, 0.717) is 0 Å². The quantitative estimate of drug-likeness (QED) is 0.183. The Morgan fingerprint density at radius 3 is 1.87 bits per heavy atom. The van der Waals surface area contributed by atoms with Crippen molar-refractivity contribution in [3.8, 4) is 17.2 Å². The molecule has 0 fully saturated rings. The van der Waals surface area contributed by atoms with Gasteiger partial charge < -0.3 is 0 Å². The van der Waals surface area contributed by atoms with Crippen LogP contribution in [-0.2, 0) is 4.74 Å². The van der Waals surface area contributed by atoms with Gasteiger partial charge in [-0.15, -0.1) is 0 Å². The number of hydrogen-bond donors (Lipinski definition) is 0. The average molecular weight is 537 g/mol. The number of rotatable bonds is 15. The van der Waals surface area contributed by atoms with Crippen LogP contribution in [0.4, 0.5) is 0 Å². The Bertz CT molecular complexity index is 784. The molecule has 0 spiro atoms. The summed E-state index contributed by atoms with van der Waals surface area (Å²) in [5, 5.41) is 2.07. The van der Waals surface area contributed by atoms with Crippen LogP contribution in [0.5, 0.6) is 17.2 Å². The first-order valence-electron chi connectivity index (χ1n) is 11.9. The van der Waals surface area contributed by atoms with Gasteiger partial charge in [0.2, 0.25) is 0 Å². The second-order valence-electron chi connectivity index (χ2n) is 8.48. The molecule has 4 nitrogen and oxygen atoms in total. The van der Waals surface area contributed by atoms with Crippen LogP contribution < -0.4 is 17.8 Å². The van der Waals surface area contributed by atoms with Gasteiger partial charge in [0, 0.05) is 0 Å². The Kier molecular flexibility index (Phi) is 11.3. The van der Waals surface area contributed by atoms with Gasteiger partial charge in [-0.25, -0.2) is 0 Å². The van der Waals surface area contributed by atoms with E-state index in [2.05, 4.69) is 32.9 Å². The number of methoxy groups -OCH3 is 3. The van der Waals surface area contributed by atoms with Gasteiger partial charge >= 0.3 is 194 Å².